The van der Waals surface area contributed by atoms with E-state index < -0.39 is 35.9 Å². The minimum Gasteiger partial charge on any atom is -0.492 e. The van der Waals surface area contributed by atoms with Crippen LogP contribution in [0.15, 0.2) is 41.5 Å². The van der Waals surface area contributed by atoms with E-state index in [9.17, 15) is 18.0 Å². The number of ether oxygens (including phenoxy) is 2. The van der Waals surface area contributed by atoms with Gasteiger partial charge in [0.1, 0.15) is 29.7 Å². The number of rotatable bonds is 6. The molecular formula is C19H19F3N4O3. The molecule has 3 rings (SSSR count). The van der Waals surface area contributed by atoms with E-state index in [1.807, 2.05) is 6.92 Å². The molecule has 0 saturated heterocycles. The van der Waals surface area contributed by atoms with E-state index in [4.69, 9.17) is 15.2 Å². The van der Waals surface area contributed by atoms with Crippen LogP contribution in [0.2, 0.25) is 0 Å². The van der Waals surface area contributed by atoms with Crippen LogP contribution in [0.25, 0.3) is 0 Å². The van der Waals surface area contributed by atoms with Gasteiger partial charge in [0.2, 0.25) is 0 Å². The first-order valence-electron chi connectivity index (χ1n) is 8.76. The number of benzene rings is 1. The number of hydrogen-bond acceptors (Lipinski definition) is 6. The molecule has 0 aliphatic carbocycles. The van der Waals surface area contributed by atoms with Gasteiger partial charge >= 0.3 is 0 Å². The van der Waals surface area contributed by atoms with Gasteiger partial charge < -0.3 is 20.5 Å². The summed E-state index contributed by atoms with van der Waals surface area (Å²) in [4.78, 5) is 20.2. The zero-order valence-electron chi connectivity index (χ0n) is 15.5. The van der Waals surface area contributed by atoms with Gasteiger partial charge in [-0.25, -0.2) is 18.2 Å². The Labute approximate surface area is 164 Å². The lowest BCUT2D eigenvalue weighted by molar-refractivity contribution is -0.0145. The molecule has 0 unspecified atom stereocenters. The third kappa shape index (κ3) is 4.32. The number of nitrogens with zero attached hydrogens (tertiary/aromatic N) is 2. The van der Waals surface area contributed by atoms with Crippen LogP contribution in [0.4, 0.5) is 18.9 Å². The van der Waals surface area contributed by atoms with Crippen molar-refractivity contribution < 1.29 is 27.4 Å². The molecule has 0 saturated carbocycles. The summed E-state index contributed by atoms with van der Waals surface area (Å²) in [5.74, 6) is -1.17. The predicted molar refractivity (Wildman–Crippen MR) is 99.9 cm³/mol. The van der Waals surface area contributed by atoms with Gasteiger partial charge in [0.05, 0.1) is 19.4 Å². The largest absolute Gasteiger partial charge is 0.492 e. The molecule has 2 heterocycles. The molecule has 29 heavy (non-hydrogen) atoms. The summed E-state index contributed by atoms with van der Waals surface area (Å²) in [5, 5.41) is 2.51. The normalized spacial score (nSPS) is 19.0. The lowest BCUT2D eigenvalue weighted by Crippen LogP contribution is -2.45. The maximum absolute atomic E-state index is 14.4. The monoisotopic (exact) mass is 408 g/mol. The van der Waals surface area contributed by atoms with E-state index in [1.54, 1.807) is 6.07 Å². The lowest BCUT2D eigenvalue weighted by Gasteiger charge is -2.33. The number of pyridine rings is 1. The van der Waals surface area contributed by atoms with E-state index in [1.165, 1.54) is 18.3 Å². The smallest absolute Gasteiger partial charge is 0.274 e. The fraction of sp³-hybridized carbons (Fsp3) is 0.316. The van der Waals surface area contributed by atoms with Crippen LogP contribution in [0.1, 0.15) is 23.0 Å². The van der Waals surface area contributed by atoms with Crippen molar-refractivity contribution in [1.82, 2.24) is 4.98 Å². The minimum absolute atomic E-state index is 0.0752. The fourth-order valence-corrected chi connectivity index (χ4v) is 2.90. The number of nitrogens with two attached hydrogens (primary N) is 1. The van der Waals surface area contributed by atoms with Crippen LogP contribution in [0.3, 0.4) is 0 Å². The Morgan fingerprint density at radius 2 is 2.17 bits per heavy atom. The van der Waals surface area contributed by atoms with Gasteiger partial charge in [-0.15, -0.1) is 0 Å². The Morgan fingerprint density at radius 3 is 2.79 bits per heavy atom. The van der Waals surface area contributed by atoms with Crippen molar-refractivity contribution in [2.24, 2.45) is 10.7 Å². The topological polar surface area (TPSA) is 98.8 Å². The zero-order valence-corrected chi connectivity index (χ0v) is 15.5. The second-order valence-corrected chi connectivity index (χ2v) is 6.28. The predicted octanol–water partition coefficient (Wildman–Crippen LogP) is 2.72. The Hall–Kier alpha value is -3.14. The first-order valence-corrected chi connectivity index (χ1v) is 8.76. The second kappa shape index (κ2) is 8.48. The van der Waals surface area contributed by atoms with Gasteiger partial charge in [0.15, 0.2) is 5.54 Å². The van der Waals surface area contributed by atoms with E-state index >= 15 is 0 Å². The van der Waals surface area contributed by atoms with E-state index in [0.29, 0.717) is 12.4 Å². The van der Waals surface area contributed by atoms with Gasteiger partial charge in [-0.1, -0.05) is 0 Å². The minimum atomic E-state index is -3.07. The maximum atomic E-state index is 14.4. The molecule has 0 spiro atoms. The second-order valence-electron chi connectivity index (χ2n) is 6.28. The van der Waals surface area contributed by atoms with E-state index in [2.05, 4.69) is 15.3 Å². The van der Waals surface area contributed by atoms with Gasteiger partial charge in [0, 0.05) is 11.3 Å². The van der Waals surface area contributed by atoms with Gasteiger partial charge in [-0.3, -0.25) is 9.79 Å². The van der Waals surface area contributed by atoms with Crippen molar-refractivity contribution in [3.63, 3.8) is 0 Å². The Kier molecular flexibility index (Phi) is 6.02. The third-order valence-electron chi connectivity index (χ3n) is 4.25. The van der Waals surface area contributed by atoms with Crippen LogP contribution < -0.4 is 15.8 Å². The standard InChI is InChI=1S/C19H19F3N4O3/c1-2-29-12-4-6-15(24-8-12)17(27)25-11-3-5-14(20)13(7-11)19(18(21)22)10-28-9-16(23)26-19/h3-8,18H,2,9-10H2,1H3,(H2,23,26)(H,25,27)/t19-/m0/s1. The molecule has 1 aromatic heterocycles. The van der Waals surface area contributed by atoms with Crippen molar-refractivity contribution in [3.05, 3.63) is 53.6 Å². The van der Waals surface area contributed by atoms with Crippen LogP contribution in [0, 0.1) is 5.82 Å². The summed E-state index contributed by atoms with van der Waals surface area (Å²) < 4.78 is 52.5. The number of halogens is 3. The molecule has 1 atom stereocenters. The number of nitrogens with one attached hydrogen (secondary N) is 1. The number of amides is 1. The molecule has 10 heteroatoms. The number of alkyl halides is 2. The summed E-state index contributed by atoms with van der Waals surface area (Å²) in [6.07, 6.45) is -1.69. The average Bonchev–Trinajstić information content (AvgIpc) is 2.70. The highest BCUT2D eigenvalue weighted by Gasteiger charge is 2.46. The summed E-state index contributed by atoms with van der Waals surface area (Å²) in [7, 11) is 0. The molecular weight excluding hydrogens is 389 g/mol. The summed E-state index contributed by atoms with van der Waals surface area (Å²) in [6, 6.07) is 6.34. The van der Waals surface area contributed by atoms with Crippen LogP contribution in [-0.4, -0.2) is 43.0 Å². The molecule has 1 aliphatic rings. The molecule has 0 bridgehead atoms. The highest BCUT2D eigenvalue weighted by Crippen LogP contribution is 2.38. The van der Waals surface area contributed by atoms with Gasteiger partial charge in [0.25, 0.3) is 12.3 Å². The van der Waals surface area contributed by atoms with Crippen LogP contribution in [0.5, 0.6) is 5.75 Å². The summed E-state index contributed by atoms with van der Waals surface area (Å²) >= 11 is 0. The van der Waals surface area contributed by atoms with Crippen molar-refractivity contribution in [1.29, 1.82) is 0 Å². The van der Waals surface area contributed by atoms with E-state index in [-0.39, 0.29) is 23.8 Å². The Balaban J connectivity index is 1.89. The fourth-order valence-electron chi connectivity index (χ4n) is 2.90. The highest BCUT2D eigenvalue weighted by molar-refractivity contribution is 6.02. The first-order chi connectivity index (χ1) is 13.9. The van der Waals surface area contributed by atoms with Crippen LogP contribution in [-0.2, 0) is 10.3 Å². The molecule has 3 N–H and O–H groups in total. The number of amidine groups is 1. The molecule has 1 amide bonds. The number of carbonyl (C=O) groups is 1. The number of hydrogen-bond donors (Lipinski definition) is 2. The van der Waals surface area contributed by atoms with Crippen LogP contribution >= 0.6 is 0 Å². The first kappa shape index (κ1) is 20.6. The maximum Gasteiger partial charge on any atom is 0.274 e. The molecule has 0 radical (unpaired) electrons. The van der Waals surface area contributed by atoms with Gasteiger partial charge in [-0.2, -0.15) is 0 Å². The summed E-state index contributed by atoms with van der Waals surface area (Å²) in [6.45, 7) is 1.61. The number of anilines is 1. The molecule has 2 aromatic rings. The SMILES string of the molecule is CCOc1ccc(C(=O)Nc2ccc(F)c([C@]3(C(F)F)COCC(N)=N3)c2)nc1. The van der Waals surface area contributed by atoms with Crippen molar-refractivity contribution in [3.8, 4) is 5.75 Å². The lowest BCUT2D eigenvalue weighted by atomic mass is 9.90. The molecule has 7 nitrogen and oxygen atoms in total. The molecule has 0 fully saturated rings. The quantitative estimate of drug-likeness (QED) is 0.766. The third-order valence-corrected chi connectivity index (χ3v) is 4.25. The Morgan fingerprint density at radius 1 is 1.38 bits per heavy atom. The Bertz CT molecular complexity index is 921. The van der Waals surface area contributed by atoms with Crippen molar-refractivity contribution in [2.45, 2.75) is 18.9 Å². The van der Waals surface area contributed by atoms with Crippen molar-refractivity contribution in [2.75, 3.05) is 25.1 Å². The van der Waals surface area contributed by atoms with Gasteiger partial charge in [-0.05, 0) is 37.3 Å². The molecule has 1 aromatic carbocycles. The number of aliphatic imine (C=N–C) groups is 1. The van der Waals surface area contributed by atoms with Crippen molar-refractivity contribution >= 4 is 17.4 Å². The molecule has 1 aliphatic heterocycles. The molecule has 154 valence electrons. The summed E-state index contributed by atoms with van der Waals surface area (Å²) in [5.41, 5.74) is 3.01. The zero-order chi connectivity index (χ0) is 21.0. The highest BCUT2D eigenvalue weighted by atomic mass is 19.3. The number of carbonyl (C=O) groups excluding carboxylic acids is 1. The number of aromatic nitrogens is 1. The van der Waals surface area contributed by atoms with E-state index in [0.717, 1.165) is 12.1 Å². The average molecular weight is 408 g/mol.